The van der Waals surface area contributed by atoms with Crippen molar-refractivity contribution in [2.24, 2.45) is 0 Å². The molecule has 0 atom stereocenters. The van der Waals surface area contributed by atoms with Gasteiger partial charge in [-0.2, -0.15) is 0 Å². The zero-order chi connectivity index (χ0) is 14.4. The van der Waals surface area contributed by atoms with Crippen LogP contribution in [-0.2, 0) is 0 Å². The summed E-state index contributed by atoms with van der Waals surface area (Å²) in [7, 11) is 0. The van der Waals surface area contributed by atoms with E-state index in [-0.39, 0.29) is 5.92 Å². The lowest BCUT2D eigenvalue weighted by molar-refractivity contribution is 0.448. The van der Waals surface area contributed by atoms with Gasteiger partial charge in [-0.3, -0.25) is 0 Å². The van der Waals surface area contributed by atoms with Crippen molar-refractivity contribution in [3.05, 3.63) is 59.7 Å². The Kier molecular flexibility index (Phi) is 5.05. The molecule has 0 heterocycles. The van der Waals surface area contributed by atoms with E-state index in [1.165, 1.54) is 0 Å². The van der Waals surface area contributed by atoms with E-state index in [0.717, 1.165) is 36.8 Å². The standard InChI is InChI=1S/C18H22O2/c1-2-3-4-9-14(15-10-5-7-12-17(15)19)16-11-6-8-13-18(16)20/h5-8,10-14,19-20H,2-4,9H2,1H3. The Morgan fingerprint density at radius 2 is 1.30 bits per heavy atom. The van der Waals surface area contributed by atoms with E-state index in [9.17, 15) is 10.2 Å². The van der Waals surface area contributed by atoms with Gasteiger partial charge in [0.05, 0.1) is 0 Å². The van der Waals surface area contributed by atoms with Crippen LogP contribution in [0.5, 0.6) is 11.5 Å². The molecule has 0 fully saturated rings. The molecule has 0 aliphatic heterocycles. The zero-order valence-electron chi connectivity index (χ0n) is 11.9. The summed E-state index contributed by atoms with van der Waals surface area (Å²) in [4.78, 5) is 0. The molecule has 2 heteroatoms. The fourth-order valence-electron chi connectivity index (χ4n) is 2.64. The Labute approximate surface area is 120 Å². The van der Waals surface area contributed by atoms with Gasteiger partial charge in [0, 0.05) is 17.0 Å². The van der Waals surface area contributed by atoms with Gasteiger partial charge in [0.1, 0.15) is 11.5 Å². The highest BCUT2D eigenvalue weighted by Gasteiger charge is 2.19. The second-order valence-electron chi connectivity index (χ2n) is 5.17. The Morgan fingerprint density at radius 3 is 1.75 bits per heavy atom. The van der Waals surface area contributed by atoms with Crippen LogP contribution in [0.15, 0.2) is 48.5 Å². The van der Waals surface area contributed by atoms with Gasteiger partial charge in [-0.15, -0.1) is 0 Å². The normalized spacial score (nSPS) is 10.9. The summed E-state index contributed by atoms with van der Waals surface area (Å²) in [5, 5.41) is 20.2. The fourth-order valence-corrected chi connectivity index (χ4v) is 2.64. The average molecular weight is 270 g/mol. The number of para-hydroxylation sites is 2. The Bertz CT molecular complexity index is 503. The number of hydrogen-bond acceptors (Lipinski definition) is 2. The van der Waals surface area contributed by atoms with E-state index in [2.05, 4.69) is 6.92 Å². The van der Waals surface area contributed by atoms with Crippen molar-refractivity contribution in [3.63, 3.8) is 0 Å². The summed E-state index contributed by atoms with van der Waals surface area (Å²) in [6.45, 7) is 2.18. The SMILES string of the molecule is CCCCCC(c1ccccc1O)c1ccccc1O. The Morgan fingerprint density at radius 1 is 0.800 bits per heavy atom. The first-order chi connectivity index (χ1) is 9.74. The second kappa shape index (κ2) is 6.99. The number of rotatable bonds is 6. The molecule has 0 aliphatic rings. The van der Waals surface area contributed by atoms with Crippen molar-refractivity contribution < 1.29 is 10.2 Å². The smallest absolute Gasteiger partial charge is 0.119 e. The molecular weight excluding hydrogens is 248 g/mol. The molecule has 0 spiro atoms. The maximum absolute atomic E-state index is 10.1. The van der Waals surface area contributed by atoms with Crippen LogP contribution in [0, 0.1) is 0 Å². The molecule has 0 bridgehead atoms. The summed E-state index contributed by atoms with van der Waals surface area (Å²) in [6.07, 6.45) is 4.35. The summed E-state index contributed by atoms with van der Waals surface area (Å²) >= 11 is 0. The molecule has 2 N–H and O–H groups in total. The Balaban J connectivity index is 2.35. The molecule has 0 unspecified atom stereocenters. The van der Waals surface area contributed by atoms with E-state index in [1.54, 1.807) is 12.1 Å². The van der Waals surface area contributed by atoms with E-state index < -0.39 is 0 Å². The van der Waals surface area contributed by atoms with Gasteiger partial charge in [0.15, 0.2) is 0 Å². The quantitative estimate of drug-likeness (QED) is 0.739. The van der Waals surface area contributed by atoms with Crippen LogP contribution in [0.1, 0.15) is 49.7 Å². The van der Waals surface area contributed by atoms with Crippen LogP contribution in [0.25, 0.3) is 0 Å². The highest BCUT2D eigenvalue weighted by atomic mass is 16.3. The number of phenolic OH excluding ortho intramolecular Hbond substituents is 2. The number of phenols is 2. The first kappa shape index (κ1) is 14.4. The lowest BCUT2D eigenvalue weighted by Gasteiger charge is -2.20. The molecule has 2 aromatic rings. The van der Waals surface area contributed by atoms with E-state index >= 15 is 0 Å². The van der Waals surface area contributed by atoms with Gasteiger partial charge >= 0.3 is 0 Å². The first-order valence-corrected chi connectivity index (χ1v) is 7.29. The predicted molar refractivity (Wildman–Crippen MR) is 82.2 cm³/mol. The maximum atomic E-state index is 10.1. The predicted octanol–water partition coefficient (Wildman–Crippen LogP) is 4.81. The molecular formula is C18H22O2. The number of aromatic hydroxyl groups is 2. The molecule has 0 saturated carbocycles. The van der Waals surface area contributed by atoms with Crippen LogP contribution >= 0.6 is 0 Å². The third-order valence-corrected chi connectivity index (χ3v) is 3.72. The molecule has 0 saturated heterocycles. The van der Waals surface area contributed by atoms with Gasteiger partial charge in [-0.25, -0.2) is 0 Å². The van der Waals surface area contributed by atoms with Crippen molar-refractivity contribution in [3.8, 4) is 11.5 Å². The van der Waals surface area contributed by atoms with Crippen LogP contribution in [0.3, 0.4) is 0 Å². The summed E-state index contributed by atoms with van der Waals surface area (Å²) in [5.41, 5.74) is 1.79. The monoisotopic (exact) mass is 270 g/mol. The van der Waals surface area contributed by atoms with Gasteiger partial charge in [0.2, 0.25) is 0 Å². The lowest BCUT2D eigenvalue weighted by Crippen LogP contribution is -2.02. The minimum Gasteiger partial charge on any atom is -0.508 e. The van der Waals surface area contributed by atoms with Crippen LogP contribution in [-0.4, -0.2) is 10.2 Å². The minimum atomic E-state index is 0.0453. The summed E-state index contributed by atoms with van der Waals surface area (Å²) < 4.78 is 0. The Hall–Kier alpha value is -1.96. The van der Waals surface area contributed by atoms with Gasteiger partial charge < -0.3 is 10.2 Å². The van der Waals surface area contributed by atoms with Crippen LogP contribution < -0.4 is 0 Å². The highest BCUT2D eigenvalue weighted by molar-refractivity contribution is 5.45. The number of hydrogen-bond donors (Lipinski definition) is 2. The van der Waals surface area contributed by atoms with Crippen molar-refractivity contribution in [2.75, 3.05) is 0 Å². The molecule has 2 rings (SSSR count). The van der Waals surface area contributed by atoms with Crippen LogP contribution in [0.4, 0.5) is 0 Å². The molecule has 106 valence electrons. The van der Waals surface area contributed by atoms with E-state index in [4.69, 9.17) is 0 Å². The van der Waals surface area contributed by atoms with Crippen LogP contribution in [0.2, 0.25) is 0 Å². The van der Waals surface area contributed by atoms with Gasteiger partial charge in [-0.05, 0) is 18.6 Å². The van der Waals surface area contributed by atoms with Gasteiger partial charge in [0.25, 0.3) is 0 Å². The average Bonchev–Trinajstić information content (AvgIpc) is 2.46. The molecule has 2 nitrogen and oxygen atoms in total. The van der Waals surface area contributed by atoms with Gasteiger partial charge in [-0.1, -0.05) is 62.6 Å². The van der Waals surface area contributed by atoms with Crippen molar-refractivity contribution in [1.82, 2.24) is 0 Å². The highest BCUT2D eigenvalue weighted by Crippen LogP contribution is 2.38. The third-order valence-electron chi connectivity index (χ3n) is 3.72. The maximum Gasteiger partial charge on any atom is 0.119 e. The van der Waals surface area contributed by atoms with Crippen molar-refractivity contribution >= 4 is 0 Å². The molecule has 0 amide bonds. The molecule has 20 heavy (non-hydrogen) atoms. The topological polar surface area (TPSA) is 40.5 Å². The molecule has 0 aromatic heterocycles. The number of benzene rings is 2. The number of unbranched alkanes of at least 4 members (excludes halogenated alkanes) is 2. The lowest BCUT2D eigenvalue weighted by atomic mass is 9.86. The summed E-state index contributed by atoms with van der Waals surface area (Å²) in [5.74, 6) is 0.651. The third kappa shape index (κ3) is 3.32. The largest absolute Gasteiger partial charge is 0.508 e. The molecule has 2 aromatic carbocycles. The van der Waals surface area contributed by atoms with E-state index in [0.29, 0.717) is 11.5 Å². The van der Waals surface area contributed by atoms with Crippen molar-refractivity contribution in [1.29, 1.82) is 0 Å². The zero-order valence-corrected chi connectivity index (χ0v) is 11.9. The first-order valence-electron chi connectivity index (χ1n) is 7.29. The fraction of sp³-hybridized carbons (Fsp3) is 0.333. The molecule has 0 radical (unpaired) electrons. The van der Waals surface area contributed by atoms with Crippen molar-refractivity contribution in [2.45, 2.75) is 38.5 Å². The summed E-state index contributed by atoms with van der Waals surface area (Å²) in [6, 6.07) is 14.8. The minimum absolute atomic E-state index is 0.0453. The second-order valence-corrected chi connectivity index (χ2v) is 5.17. The van der Waals surface area contributed by atoms with E-state index in [1.807, 2.05) is 36.4 Å². The molecule has 0 aliphatic carbocycles.